The molecule has 82 valence electrons. The summed E-state index contributed by atoms with van der Waals surface area (Å²) in [6.07, 6.45) is 4.35. The number of carbonyl (C=O) groups excluding carboxylic acids is 2. The van der Waals surface area contributed by atoms with E-state index in [2.05, 4.69) is 6.92 Å². The van der Waals surface area contributed by atoms with Crippen LogP contribution < -0.4 is 0 Å². The molecule has 0 aromatic rings. The smallest absolute Gasteiger partial charge is 0.189 e. The average molecular weight is 216 g/mol. The molecule has 0 fully saturated rings. The summed E-state index contributed by atoms with van der Waals surface area (Å²) in [5.74, 6) is 0.127. The molecule has 0 saturated heterocycles. The lowest BCUT2D eigenvalue weighted by Gasteiger charge is -2.10. The maximum Gasteiger partial charge on any atom is 0.189 e. The van der Waals surface area contributed by atoms with Crippen molar-refractivity contribution in [2.24, 2.45) is 0 Å². The minimum absolute atomic E-state index is 0.107. The van der Waals surface area contributed by atoms with Crippen molar-refractivity contribution in [1.29, 1.82) is 0 Å². The Bertz CT molecular complexity index is 190. The van der Waals surface area contributed by atoms with E-state index in [-0.39, 0.29) is 16.1 Å². The molecule has 0 bridgehead atoms. The Morgan fingerprint density at radius 3 is 2.29 bits per heavy atom. The van der Waals surface area contributed by atoms with Gasteiger partial charge in [-0.25, -0.2) is 0 Å². The number of carbonyl (C=O) groups is 2. The molecule has 0 amide bonds. The van der Waals surface area contributed by atoms with E-state index in [1.165, 1.54) is 11.8 Å². The zero-order valence-corrected chi connectivity index (χ0v) is 10.2. The number of rotatable bonds is 7. The highest BCUT2D eigenvalue weighted by Crippen LogP contribution is 2.20. The zero-order chi connectivity index (χ0) is 11.0. The lowest BCUT2D eigenvalue weighted by molar-refractivity contribution is -0.117. The molecule has 0 N–H and O–H groups in total. The van der Waals surface area contributed by atoms with Gasteiger partial charge in [0.05, 0.1) is 5.25 Å². The SMILES string of the molecule is CCCCC(=O)SC(CCC)C(C)=O. The largest absolute Gasteiger partial charge is 0.299 e. The summed E-state index contributed by atoms with van der Waals surface area (Å²) in [6.45, 7) is 5.67. The first kappa shape index (κ1) is 13.7. The van der Waals surface area contributed by atoms with Crippen molar-refractivity contribution in [3.8, 4) is 0 Å². The first-order valence-corrected chi connectivity index (χ1v) is 6.19. The molecule has 0 aliphatic heterocycles. The molecular formula is C11H20O2S. The minimum Gasteiger partial charge on any atom is -0.299 e. The number of thioether (sulfide) groups is 1. The van der Waals surface area contributed by atoms with E-state index in [0.717, 1.165) is 25.7 Å². The molecule has 14 heavy (non-hydrogen) atoms. The lowest BCUT2D eigenvalue weighted by Crippen LogP contribution is -2.15. The standard InChI is InChI=1S/C11H20O2S/c1-4-6-8-11(13)14-10(7-5-2)9(3)12/h10H,4-8H2,1-3H3. The van der Waals surface area contributed by atoms with E-state index in [1.54, 1.807) is 6.92 Å². The summed E-state index contributed by atoms with van der Waals surface area (Å²) in [5, 5.41) is 0.0601. The van der Waals surface area contributed by atoms with Gasteiger partial charge in [-0.3, -0.25) is 9.59 Å². The van der Waals surface area contributed by atoms with Crippen LogP contribution in [0.1, 0.15) is 52.9 Å². The van der Waals surface area contributed by atoms with Crippen LogP contribution in [0.3, 0.4) is 0 Å². The summed E-state index contributed by atoms with van der Waals surface area (Å²) >= 11 is 1.23. The van der Waals surface area contributed by atoms with Gasteiger partial charge in [0.25, 0.3) is 0 Å². The fourth-order valence-electron chi connectivity index (χ4n) is 1.15. The second-order valence-corrected chi connectivity index (χ2v) is 4.74. The second-order valence-electron chi connectivity index (χ2n) is 3.48. The number of hydrogen-bond donors (Lipinski definition) is 0. The van der Waals surface area contributed by atoms with Crippen LogP contribution >= 0.6 is 11.8 Å². The Kier molecular flexibility index (Phi) is 7.86. The van der Waals surface area contributed by atoms with E-state index >= 15 is 0 Å². The second kappa shape index (κ2) is 8.04. The van der Waals surface area contributed by atoms with Gasteiger partial charge in [0.2, 0.25) is 0 Å². The third-order valence-corrected chi connectivity index (χ3v) is 3.33. The van der Waals surface area contributed by atoms with Crippen LogP contribution in [0, 0.1) is 0 Å². The molecule has 2 nitrogen and oxygen atoms in total. The predicted molar refractivity (Wildman–Crippen MR) is 61.5 cm³/mol. The first-order valence-electron chi connectivity index (χ1n) is 5.31. The average Bonchev–Trinajstić information content (AvgIpc) is 2.14. The molecule has 1 atom stereocenters. The highest BCUT2D eigenvalue weighted by molar-refractivity contribution is 8.14. The zero-order valence-electron chi connectivity index (χ0n) is 9.34. The monoisotopic (exact) mass is 216 g/mol. The van der Waals surface area contributed by atoms with E-state index in [9.17, 15) is 9.59 Å². The van der Waals surface area contributed by atoms with E-state index in [4.69, 9.17) is 0 Å². The van der Waals surface area contributed by atoms with Crippen molar-refractivity contribution in [2.45, 2.75) is 58.1 Å². The Morgan fingerprint density at radius 2 is 1.86 bits per heavy atom. The fraction of sp³-hybridized carbons (Fsp3) is 0.818. The highest BCUT2D eigenvalue weighted by atomic mass is 32.2. The third kappa shape index (κ3) is 6.19. The molecule has 0 aliphatic rings. The molecule has 1 unspecified atom stereocenters. The molecule has 0 aromatic heterocycles. The van der Waals surface area contributed by atoms with Crippen molar-refractivity contribution in [1.82, 2.24) is 0 Å². The number of ketones is 1. The van der Waals surface area contributed by atoms with Gasteiger partial charge in [0, 0.05) is 6.42 Å². The van der Waals surface area contributed by atoms with Gasteiger partial charge in [-0.1, -0.05) is 38.5 Å². The summed E-state index contributed by atoms with van der Waals surface area (Å²) in [7, 11) is 0. The molecule has 0 heterocycles. The maximum absolute atomic E-state index is 11.4. The number of hydrogen-bond acceptors (Lipinski definition) is 3. The molecule has 0 saturated carbocycles. The van der Waals surface area contributed by atoms with Crippen molar-refractivity contribution < 1.29 is 9.59 Å². The van der Waals surface area contributed by atoms with Crippen molar-refractivity contribution in [2.75, 3.05) is 0 Å². The van der Waals surface area contributed by atoms with Crippen molar-refractivity contribution >= 4 is 22.7 Å². The quantitative estimate of drug-likeness (QED) is 0.655. The van der Waals surface area contributed by atoms with Crippen LogP contribution in [0.25, 0.3) is 0 Å². The fourth-order valence-corrected chi connectivity index (χ4v) is 2.25. The van der Waals surface area contributed by atoms with Crippen molar-refractivity contribution in [3.05, 3.63) is 0 Å². The van der Waals surface area contributed by atoms with Gasteiger partial charge >= 0.3 is 0 Å². The van der Waals surface area contributed by atoms with Crippen LogP contribution in [0.15, 0.2) is 0 Å². The van der Waals surface area contributed by atoms with Crippen LogP contribution in [-0.4, -0.2) is 16.1 Å². The lowest BCUT2D eigenvalue weighted by atomic mass is 10.2. The van der Waals surface area contributed by atoms with Crippen LogP contribution in [0.2, 0.25) is 0 Å². The van der Waals surface area contributed by atoms with Gasteiger partial charge in [-0.15, -0.1) is 0 Å². The number of Topliss-reactive ketones (excluding diaryl/α,β-unsaturated/α-hetero) is 1. The molecule has 0 radical (unpaired) electrons. The number of unbranched alkanes of at least 4 members (excludes halogenated alkanes) is 1. The Hall–Kier alpha value is -0.310. The van der Waals surface area contributed by atoms with Gasteiger partial charge in [0.1, 0.15) is 5.78 Å². The van der Waals surface area contributed by atoms with Crippen LogP contribution in [0.5, 0.6) is 0 Å². The molecule has 0 spiro atoms. The van der Waals surface area contributed by atoms with Gasteiger partial charge in [-0.2, -0.15) is 0 Å². The van der Waals surface area contributed by atoms with E-state index < -0.39 is 0 Å². The first-order chi connectivity index (χ1) is 6.61. The van der Waals surface area contributed by atoms with Crippen molar-refractivity contribution in [3.63, 3.8) is 0 Å². The maximum atomic E-state index is 11.4. The Labute approximate surface area is 90.8 Å². The summed E-state index contributed by atoms with van der Waals surface area (Å²) in [6, 6.07) is 0. The van der Waals surface area contributed by atoms with Crippen LogP contribution in [0.4, 0.5) is 0 Å². The van der Waals surface area contributed by atoms with E-state index in [1.807, 2.05) is 6.92 Å². The van der Waals surface area contributed by atoms with Crippen LogP contribution in [-0.2, 0) is 9.59 Å². The topological polar surface area (TPSA) is 34.1 Å². The van der Waals surface area contributed by atoms with Gasteiger partial charge < -0.3 is 0 Å². The highest BCUT2D eigenvalue weighted by Gasteiger charge is 2.17. The third-order valence-electron chi connectivity index (χ3n) is 2.01. The Balaban J connectivity index is 3.90. The normalized spacial score (nSPS) is 12.5. The molecular weight excluding hydrogens is 196 g/mol. The predicted octanol–water partition coefficient (Wildman–Crippen LogP) is 3.19. The molecule has 0 rings (SSSR count). The molecule has 0 aromatic carbocycles. The summed E-state index contributed by atoms with van der Waals surface area (Å²) < 4.78 is 0. The Morgan fingerprint density at radius 1 is 1.21 bits per heavy atom. The van der Waals surface area contributed by atoms with E-state index in [0.29, 0.717) is 6.42 Å². The molecule has 3 heteroatoms. The molecule has 0 aliphatic carbocycles. The minimum atomic E-state index is -0.107. The van der Waals surface area contributed by atoms with Gasteiger partial charge in [-0.05, 0) is 19.8 Å². The summed E-state index contributed by atoms with van der Waals surface area (Å²) in [5.41, 5.74) is 0. The van der Waals surface area contributed by atoms with Gasteiger partial charge in [0.15, 0.2) is 5.12 Å². The summed E-state index contributed by atoms with van der Waals surface area (Å²) in [4.78, 5) is 22.6.